The van der Waals surface area contributed by atoms with Crippen LogP contribution in [0.1, 0.15) is 18.4 Å². The fourth-order valence-corrected chi connectivity index (χ4v) is 4.81. The molecule has 114 valence electrons. The molecule has 21 heavy (non-hydrogen) atoms. The molecule has 1 saturated heterocycles. The number of anilines is 1. The average Bonchev–Trinajstić information content (AvgIpc) is 3.24. The Balaban J connectivity index is 1.53. The van der Waals surface area contributed by atoms with E-state index in [0.29, 0.717) is 18.0 Å². The van der Waals surface area contributed by atoms with Crippen LogP contribution in [0, 0.1) is 0 Å². The molecule has 4 rings (SSSR count). The van der Waals surface area contributed by atoms with Gasteiger partial charge in [0, 0.05) is 44.5 Å². The van der Waals surface area contributed by atoms with Crippen LogP contribution in [0.2, 0.25) is 0 Å². The Morgan fingerprint density at radius 3 is 2.57 bits per heavy atom. The lowest BCUT2D eigenvalue weighted by Gasteiger charge is -2.34. The van der Waals surface area contributed by atoms with Crippen molar-refractivity contribution < 1.29 is 8.42 Å². The van der Waals surface area contributed by atoms with Crippen molar-refractivity contribution in [3.8, 4) is 0 Å². The van der Waals surface area contributed by atoms with E-state index in [4.69, 9.17) is 0 Å². The topological polar surface area (TPSA) is 52.7 Å². The Morgan fingerprint density at radius 1 is 1.10 bits per heavy atom. The second-order valence-electron chi connectivity index (χ2n) is 6.17. The van der Waals surface area contributed by atoms with Gasteiger partial charge in [0.1, 0.15) is 0 Å². The molecule has 5 nitrogen and oxygen atoms in total. The van der Waals surface area contributed by atoms with Gasteiger partial charge in [-0.1, -0.05) is 0 Å². The van der Waals surface area contributed by atoms with E-state index in [1.807, 2.05) is 12.1 Å². The first kappa shape index (κ1) is 13.5. The van der Waals surface area contributed by atoms with Gasteiger partial charge < -0.3 is 5.32 Å². The third kappa shape index (κ3) is 2.45. The molecule has 2 fully saturated rings. The van der Waals surface area contributed by atoms with E-state index in [1.54, 1.807) is 10.4 Å². The number of hydrogen-bond acceptors (Lipinski definition) is 4. The zero-order chi connectivity index (χ0) is 14.4. The second-order valence-corrected chi connectivity index (χ2v) is 8.10. The maximum absolute atomic E-state index is 12.8. The van der Waals surface area contributed by atoms with Crippen molar-refractivity contribution >= 4 is 15.7 Å². The molecule has 1 aromatic rings. The van der Waals surface area contributed by atoms with Crippen molar-refractivity contribution in [2.45, 2.75) is 30.2 Å². The van der Waals surface area contributed by atoms with Gasteiger partial charge in [0.05, 0.1) is 4.90 Å². The van der Waals surface area contributed by atoms with E-state index < -0.39 is 10.0 Å². The molecule has 0 amide bonds. The molecule has 3 aliphatic rings. The molecule has 1 saturated carbocycles. The summed E-state index contributed by atoms with van der Waals surface area (Å²) in [6.45, 7) is 3.88. The number of nitrogens with zero attached hydrogens (tertiary/aromatic N) is 2. The van der Waals surface area contributed by atoms with E-state index in [1.165, 1.54) is 12.8 Å². The highest BCUT2D eigenvalue weighted by atomic mass is 32.2. The van der Waals surface area contributed by atoms with E-state index >= 15 is 0 Å². The van der Waals surface area contributed by atoms with Crippen molar-refractivity contribution in [1.29, 1.82) is 0 Å². The third-order valence-electron chi connectivity index (χ3n) is 4.76. The first-order chi connectivity index (χ1) is 10.1. The molecular weight excluding hydrogens is 286 g/mol. The van der Waals surface area contributed by atoms with Crippen LogP contribution in [0.15, 0.2) is 23.1 Å². The fraction of sp³-hybridized carbons (Fsp3) is 0.600. The Bertz CT molecular complexity index is 647. The van der Waals surface area contributed by atoms with E-state index in [0.717, 1.165) is 43.3 Å². The van der Waals surface area contributed by atoms with Crippen molar-refractivity contribution in [3.63, 3.8) is 0 Å². The summed E-state index contributed by atoms with van der Waals surface area (Å²) in [5.41, 5.74) is 2.19. The normalized spacial score (nSPS) is 23.8. The van der Waals surface area contributed by atoms with Crippen LogP contribution < -0.4 is 5.32 Å². The van der Waals surface area contributed by atoms with Gasteiger partial charge >= 0.3 is 0 Å². The number of benzene rings is 1. The van der Waals surface area contributed by atoms with E-state index in [2.05, 4.69) is 10.2 Å². The molecule has 2 heterocycles. The molecule has 0 bridgehead atoms. The molecule has 0 aromatic heterocycles. The number of piperazine rings is 1. The number of fused-ring (bicyclic) bond motifs is 1. The Hall–Kier alpha value is -1.11. The maximum Gasteiger partial charge on any atom is 0.243 e. The predicted octanol–water partition coefficient (Wildman–Crippen LogP) is 1.12. The lowest BCUT2D eigenvalue weighted by molar-refractivity contribution is 0.180. The van der Waals surface area contributed by atoms with Gasteiger partial charge in [-0.05, 0) is 43.0 Å². The molecule has 1 aromatic carbocycles. The smallest absolute Gasteiger partial charge is 0.243 e. The summed E-state index contributed by atoms with van der Waals surface area (Å²) in [6, 6.07) is 6.20. The average molecular weight is 307 g/mol. The summed E-state index contributed by atoms with van der Waals surface area (Å²) in [5.74, 6) is 0. The van der Waals surface area contributed by atoms with Crippen molar-refractivity contribution in [1.82, 2.24) is 9.21 Å². The number of hydrogen-bond donors (Lipinski definition) is 1. The van der Waals surface area contributed by atoms with Gasteiger partial charge in [-0.25, -0.2) is 8.42 Å². The summed E-state index contributed by atoms with van der Waals surface area (Å²) >= 11 is 0. The first-order valence-corrected chi connectivity index (χ1v) is 9.19. The van der Waals surface area contributed by atoms with E-state index in [9.17, 15) is 8.42 Å². The van der Waals surface area contributed by atoms with Gasteiger partial charge in [0.15, 0.2) is 0 Å². The van der Waals surface area contributed by atoms with Gasteiger partial charge in [-0.2, -0.15) is 4.31 Å². The molecule has 1 aliphatic carbocycles. The van der Waals surface area contributed by atoms with Gasteiger partial charge in [-0.3, -0.25) is 4.90 Å². The molecule has 0 radical (unpaired) electrons. The van der Waals surface area contributed by atoms with Crippen LogP contribution >= 0.6 is 0 Å². The summed E-state index contributed by atoms with van der Waals surface area (Å²) in [4.78, 5) is 2.88. The minimum Gasteiger partial charge on any atom is -0.384 e. The highest BCUT2D eigenvalue weighted by Gasteiger charge is 2.35. The Kier molecular flexibility index (Phi) is 3.20. The van der Waals surface area contributed by atoms with Gasteiger partial charge in [-0.15, -0.1) is 0 Å². The van der Waals surface area contributed by atoms with E-state index in [-0.39, 0.29) is 0 Å². The number of nitrogens with one attached hydrogen (secondary N) is 1. The highest BCUT2D eigenvalue weighted by Crippen LogP contribution is 2.30. The zero-order valence-corrected chi connectivity index (χ0v) is 12.9. The number of rotatable bonds is 3. The molecule has 1 N–H and O–H groups in total. The van der Waals surface area contributed by atoms with Gasteiger partial charge in [0.2, 0.25) is 10.0 Å². The molecule has 0 unspecified atom stereocenters. The summed E-state index contributed by atoms with van der Waals surface area (Å²) in [6.07, 6.45) is 3.48. The lowest BCUT2D eigenvalue weighted by atomic mass is 10.2. The van der Waals surface area contributed by atoms with Crippen LogP contribution in [0.3, 0.4) is 0 Å². The molecular formula is C15H21N3O2S. The molecule has 0 spiro atoms. The predicted molar refractivity (Wildman–Crippen MR) is 82.0 cm³/mol. The van der Waals surface area contributed by atoms with Crippen molar-refractivity contribution in [2.75, 3.05) is 38.0 Å². The summed E-state index contributed by atoms with van der Waals surface area (Å²) < 4.78 is 27.2. The summed E-state index contributed by atoms with van der Waals surface area (Å²) in [7, 11) is -3.33. The maximum atomic E-state index is 12.8. The molecule has 0 atom stereocenters. The second kappa shape index (κ2) is 4.97. The third-order valence-corrected chi connectivity index (χ3v) is 6.66. The minimum absolute atomic E-state index is 0.449. The van der Waals surface area contributed by atoms with Crippen LogP contribution in [-0.4, -0.2) is 56.4 Å². The van der Waals surface area contributed by atoms with Crippen molar-refractivity contribution in [2.24, 2.45) is 0 Å². The Morgan fingerprint density at radius 2 is 1.86 bits per heavy atom. The molecule has 2 aliphatic heterocycles. The van der Waals surface area contributed by atoms with Gasteiger partial charge in [0.25, 0.3) is 0 Å². The lowest BCUT2D eigenvalue weighted by Crippen LogP contribution is -2.49. The quantitative estimate of drug-likeness (QED) is 0.909. The van der Waals surface area contributed by atoms with Crippen LogP contribution in [0.4, 0.5) is 5.69 Å². The largest absolute Gasteiger partial charge is 0.384 e. The van der Waals surface area contributed by atoms with Crippen LogP contribution in [-0.2, 0) is 16.4 Å². The molecule has 6 heteroatoms. The fourth-order valence-electron chi connectivity index (χ4n) is 3.34. The SMILES string of the molecule is O=S(=O)(c1ccc2c(c1)CCN2)N1CCN(C2CC2)CC1. The summed E-state index contributed by atoms with van der Waals surface area (Å²) in [5, 5.41) is 3.27. The van der Waals surface area contributed by atoms with Crippen LogP contribution in [0.5, 0.6) is 0 Å². The minimum atomic E-state index is -3.33. The van der Waals surface area contributed by atoms with Crippen LogP contribution in [0.25, 0.3) is 0 Å². The number of sulfonamides is 1. The monoisotopic (exact) mass is 307 g/mol. The standard InChI is InChI=1S/C15H21N3O2S/c19-21(20,14-3-4-15-12(11-14)5-6-16-15)18-9-7-17(8-10-18)13-1-2-13/h3-4,11,13,16H,1-2,5-10H2. The zero-order valence-electron chi connectivity index (χ0n) is 12.1. The first-order valence-electron chi connectivity index (χ1n) is 7.75. The Labute approximate surface area is 126 Å². The highest BCUT2D eigenvalue weighted by molar-refractivity contribution is 7.89. The van der Waals surface area contributed by atoms with Crippen molar-refractivity contribution in [3.05, 3.63) is 23.8 Å².